The van der Waals surface area contributed by atoms with Gasteiger partial charge in [0, 0.05) is 5.54 Å². The molecule has 0 aromatic heterocycles. The van der Waals surface area contributed by atoms with Gasteiger partial charge in [-0.3, -0.25) is 4.79 Å². The summed E-state index contributed by atoms with van der Waals surface area (Å²) in [5.41, 5.74) is 1.34. The van der Waals surface area contributed by atoms with Crippen LogP contribution in [0.15, 0.2) is 11.6 Å². The molecule has 1 aliphatic carbocycles. The summed E-state index contributed by atoms with van der Waals surface area (Å²) in [4.78, 5) is 11.6. The zero-order valence-electron chi connectivity index (χ0n) is 12.5. The second-order valence-electron chi connectivity index (χ2n) is 6.73. The van der Waals surface area contributed by atoms with Crippen molar-refractivity contribution in [1.82, 2.24) is 10.6 Å². The Balaban J connectivity index is 2.22. The monoisotopic (exact) mass is 252 g/mol. The third kappa shape index (κ3) is 6.20. The van der Waals surface area contributed by atoms with Crippen molar-refractivity contribution in [3.05, 3.63) is 11.6 Å². The molecule has 0 fully saturated rings. The van der Waals surface area contributed by atoms with Crippen molar-refractivity contribution in [3.8, 4) is 0 Å². The Kier molecular flexibility index (Phi) is 5.39. The average Bonchev–Trinajstić information content (AvgIpc) is 2.12. The van der Waals surface area contributed by atoms with E-state index in [4.69, 9.17) is 0 Å². The van der Waals surface area contributed by atoms with Crippen molar-refractivity contribution in [2.75, 3.05) is 13.1 Å². The van der Waals surface area contributed by atoms with Crippen LogP contribution in [0.4, 0.5) is 0 Å². The van der Waals surface area contributed by atoms with Gasteiger partial charge in [0.25, 0.3) is 0 Å². The number of hydrogen-bond donors (Lipinski definition) is 2. The highest BCUT2D eigenvalue weighted by atomic mass is 16.2. The molecule has 18 heavy (non-hydrogen) atoms. The predicted molar refractivity (Wildman–Crippen MR) is 76.4 cm³/mol. The number of hydrogen-bond acceptors (Lipinski definition) is 2. The molecule has 0 aromatic carbocycles. The molecule has 3 heteroatoms. The third-order valence-electron chi connectivity index (χ3n) is 3.12. The van der Waals surface area contributed by atoms with Gasteiger partial charge in [-0.15, -0.1) is 0 Å². The van der Waals surface area contributed by atoms with Crippen molar-refractivity contribution in [1.29, 1.82) is 0 Å². The minimum atomic E-state index is -0.141. The molecular weight excluding hydrogens is 224 g/mol. The fourth-order valence-corrected chi connectivity index (χ4v) is 2.69. The first kappa shape index (κ1) is 15.2. The van der Waals surface area contributed by atoms with E-state index in [-0.39, 0.29) is 11.4 Å². The summed E-state index contributed by atoms with van der Waals surface area (Å²) in [6.07, 6.45) is 4.76. The van der Waals surface area contributed by atoms with Gasteiger partial charge in [-0.1, -0.05) is 18.6 Å². The van der Waals surface area contributed by atoms with Crippen LogP contribution in [0.3, 0.4) is 0 Å². The van der Waals surface area contributed by atoms with E-state index in [1.54, 1.807) is 0 Å². The van der Waals surface area contributed by atoms with E-state index < -0.39 is 0 Å². The Bertz CT molecular complexity index is 315. The summed E-state index contributed by atoms with van der Waals surface area (Å²) >= 11 is 0. The van der Waals surface area contributed by atoms with Gasteiger partial charge in [0.1, 0.15) is 0 Å². The van der Waals surface area contributed by atoms with Gasteiger partial charge in [0.05, 0.1) is 6.54 Å². The Morgan fingerprint density at radius 3 is 2.67 bits per heavy atom. The SMILES string of the molecule is CC1=CC(C)CC(CNCC(=O)NC(C)(C)C)C1. The van der Waals surface area contributed by atoms with Crippen molar-refractivity contribution in [3.63, 3.8) is 0 Å². The highest BCUT2D eigenvalue weighted by Crippen LogP contribution is 2.27. The van der Waals surface area contributed by atoms with Crippen molar-refractivity contribution < 1.29 is 4.79 Å². The lowest BCUT2D eigenvalue weighted by Crippen LogP contribution is -2.45. The minimum Gasteiger partial charge on any atom is -0.350 e. The first-order chi connectivity index (χ1) is 8.26. The number of allylic oxidation sites excluding steroid dienone is 2. The van der Waals surface area contributed by atoms with Crippen LogP contribution < -0.4 is 10.6 Å². The first-order valence-corrected chi connectivity index (χ1v) is 6.95. The van der Waals surface area contributed by atoms with Crippen LogP contribution in [0, 0.1) is 11.8 Å². The molecule has 2 N–H and O–H groups in total. The maximum Gasteiger partial charge on any atom is 0.234 e. The number of amides is 1. The maximum atomic E-state index is 11.6. The van der Waals surface area contributed by atoms with Gasteiger partial charge in [-0.2, -0.15) is 0 Å². The fourth-order valence-electron chi connectivity index (χ4n) is 2.69. The topological polar surface area (TPSA) is 41.1 Å². The Hall–Kier alpha value is -0.830. The molecule has 0 heterocycles. The number of nitrogens with one attached hydrogen (secondary N) is 2. The highest BCUT2D eigenvalue weighted by molar-refractivity contribution is 5.78. The summed E-state index contributed by atoms with van der Waals surface area (Å²) in [6, 6.07) is 0. The van der Waals surface area contributed by atoms with Crippen LogP contribution in [0.25, 0.3) is 0 Å². The lowest BCUT2D eigenvalue weighted by molar-refractivity contribution is -0.121. The van der Waals surface area contributed by atoms with Crippen LogP contribution in [0.2, 0.25) is 0 Å². The summed E-state index contributed by atoms with van der Waals surface area (Å²) in [5.74, 6) is 1.43. The molecule has 1 amide bonds. The molecule has 0 aliphatic heterocycles. The lowest BCUT2D eigenvalue weighted by atomic mass is 9.84. The normalized spacial score (nSPS) is 24.6. The van der Waals surface area contributed by atoms with Gasteiger partial charge in [-0.05, 0) is 58.9 Å². The van der Waals surface area contributed by atoms with Crippen molar-refractivity contribution in [2.45, 2.75) is 53.0 Å². The van der Waals surface area contributed by atoms with E-state index in [1.165, 1.54) is 12.0 Å². The van der Waals surface area contributed by atoms with Gasteiger partial charge < -0.3 is 10.6 Å². The molecule has 0 spiro atoms. The standard InChI is InChI=1S/C15H28N2O/c1-11-6-12(2)8-13(7-11)9-16-10-14(18)17-15(3,4)5/h6,11,13,16H,7-10H2,1-5H3,(H,17,18). The maximum absolute atomic E-state index is 11.6. The van der Waals surface area contributed by atoms with Crippen LogP contribution in [0.5, 0.6) is 0 Å². The average molecular weight is 252 g/mol. The second kappa shape index (κ2) is 6.37. The van der Waals surface area contributed by atoms with E-state index in [2.05, 4.69) is 30.6 Å². The highest BCUT2D eigenvalue weighted by Gasteiger charge is 2.18. The molecule has 1 rings (SSSR count). The van der Waals surface area contributed by atoms with Crippen molar-refractivity contribution >= 4 is 5.91 Å². The number of carbonyl (C=O) groups is 1. The van der Waals surface area contributed by atoms with Crippen molar-refractivity contribution in [2.24, 2.45) is 11.8 Å². The van der Waals surface area contributed by atoms with Gasteiger partial charge in [0.15, 0.2) is 0 Å². The predicted octanol–water partition coefficient (Wildman–Crippen LogP) is 2.48. The third-order valence-corrected chi connectivity index (χ3v) is 3.12. The summed E-state index contributed by atoms with van der Waals surface area (Å²) < 4.78 is 0. The molecule has 0 aromatic rings. The minimum absolute atomic E-state index is 0.0821. The smallest absolute Gasteiger partial charge is 0.234 e. The summed E-state index contributed by atoms with van der Waals surface area (Å²) in [7, 11) is 0. The molecule has 2 atom stereocenters. The van der Waals surface area contributed by atoms with E-state index >= 15 is 0 Å². The number of carbonyl (C=O) groups excluding carboxylic acids is 1. The zero-order valence-corrected chi connectivity index (χ0v) is 12.5. The Morgan fingerprint density at radius 1 is 1.44 bits per heavy atom. The largest absolute Gasteiger partial charge is 0.350 e. The molecule has 0 saturated heterocycles. The molecule has 3 nitrogen and oxygen atoms in total. The van der Waals surface area contributed by atoms with Gasteiger partial charge in [0.2, 0.25) is 5.91 Å². The molecule has 1 aliphatic rings. The van der Waals surface area contributed by atoms with Crippen LogP contribution >= 0.6 is 0 Å². The summed E-state index contributed by atoms with van der Waals surface area (Å²) in [6.45, 7) is 11.8. The fraction of sp³-hybridized carbons (Fsp3) is 0.800. The van der Waals surface area contributed by atoms with E-state index in [9.17, 15) is 4.79 Å². The van der Waals surface area contributed by atoms with Crippen LogP contribution in [0.1, 0.15) is 47.5 Å². The van der Waals surface area contributed by atoms with E-state index in [1.807, 2.05) is 20.8 Å². The second-order valence-corrected chi connectivity index (χ2v) is 6.73. The van der Waals surface area contributed by atoms with Crippen LogP contribution in [-0.2, 0) is 4.79 Å². The molecule has 2 unspecified atom stereocenters. The zero-order chi connectivity index (χ0) is 13.8. The summed E-state index contributed by atoms with van der Waals surface area (Å²) in [5, 5.41) is 6.24. The number of rotatable bonds is 4. The lowest BCUT2D eigenvalue weighted by Gasteiger charge is -2.26. The molecule has 0 saturated carbocycles. The van der Waals surface area contributed by atoms with Gasteiger partial charge >= 0.3 is 0 Å². The van der Waals surface area contributed by atoms with E-state index in [0.717, 1.165) is 13.0 Å². The van der Waals surface area contributed by atoms with Gasteiger partial charge in [-0.25, -0.2) is 0 Å². The quantitative estimate of drug-likeness (QED) is 0.755. The molecule has 0 radical (unpaired) electrons. The Morgan fingerprint density at radius 2 is 2.11 bits per heavy atom. The molecule has 0 bridgehead atoms. The molecular formula is C15H28N2O. The van der Waals surface area contributed by atoms with E-state index in [0.29, 0.717) is 18.4 Å². The first-order valence-electron chi connectivity index (χ1n) is 6.95. The molecule has 104 valence electrons. The van der Waals surface area contributed by atoms with Crippen LogP contribution in [-0.4, -0.2) is 24.5 Å². The Labute approximate surface area is 111 Å².